The molecule has 0 spiro atoms. The van der Waals surface area contributed by atoms with Gasteiger partial charge in [-0.2, -0.15) is 0 Å². The maximum absolute atomic E-state index is 10.7. The smallest absolute Gasteiger partial charge is 0.0843 e. The number of rotatable bonds is 5. The lowest BCUT2D eigenvalue weighted by Crippen LogP contribution is -2.28. The van der Waals surface area contributed by atoms with Crippen molar-refractivity contribution >= 4 is 0 Å². The zero-order valence-corrected chi connectivity index (χ0v) is 12.5. The van der Waals surface area contributed by atoms with E-state index in [1.54, 1.807) is 0 Å². The molecule has 0 amide bonds. The van der Waals surface area contributed by atoms with Gasteiger partial charge in [0.1, 0.15) is 0 Å². The third-order valence-electron chi connectivity index (χ3n) is 4.77. The van der Waals surface area contributed by atoms with Gasteiger partial charge in [-0.25, -0.2) is 0 Å². The van der Waals surface area contributed by atoms with Gasteiger partial charge in [-0.3, -0.25) is 0 Å². The maximum Gasteiger partial charge on any atom is 0.0843 e. The number of hydrogen-bond acceptors (Lipinski definition) is 1. The molecule has 0 heterocycles. The Balaban J connectivity index is 2.04. The molecule has 1 nitrogen and oxygen atoms in total. The number of unbranched alkanes of at least 4 members (excludes halogenated alkanes) is 1. The molecule has 2 rings (SSSR count). The molecule has 1 heteroatoms. The largest absolute Gasteiger partial charge is 0.388 e. The Labute approximate surface area is 118 Å². The molecule has 1 atom stereocenters. The van der Waals surface area contributed by atoms with E-state index in [2.05, 4.69) is 38.1 Å². The molecule has 0 aromatic heterocycles. The van der Waals surface area contributed by atoms with Crippen LogP contribution in [0.25, 0.3) is 0 Å². The first-order valence-electron chi connectivity index (χ1n) is 7.92. The van der Waals surface area contributed by atoms with Crippen LogP contribution in [-0.2, 0) is 6.42 Å². The van der Waals surface area contributed by atoms with Crippen molar-refractivity contribution in [2.45, 2.75) is 71.3 Å². The molecule has 1 aromatic rings. The number of aliphatic hydroxyl groups excluding tert-OH is 1. The van der Waals surface area contributed by atoms with Gasteiger partial charge < -0.3 is 5.11 Å². The van der Waals surface area contributed by atoms with Gasteiger partial charge in [0.2, 0.25) is 0 Å². The molecule has 1 unspecified atom stereocenters. The molecular weight excluding hydrogens is 232 g/mol. The molecule has 1 aliphatic carbocycles. The van der Waals surface area contributed by atoms with Crippen LogP contribution in [0.1, 0.15) is 76.0 Å². The van der Waals surface area contributed by atoms with Crippen LogP contribution >= 0.6 is 0 Å². The molecule has 1 saturated carbocycles. The summed E-state index contributed by atoms with van der Waals surface area (Å²) in [7, 11) is 0. The fraction of sp³-hybridized carbons (Fsp3) is 0.667. The van der Waals surface area contributed by atoms with Crippen molar-refractivity contribution in [3.05, 3.63) is 35.4 Å². The quantitative estimate of drug-likeness (QED) is 0.787. The van der Waals surface area contributed by atoms with E-state index in [0.717, 1.165) is 24.8 Å². The normalized spacial score (nSPS) is 20.2. The van der Waals surface area contributed by atoms with Crippen molar-refractivity contribution in [1.29, 1.82) is 0 Å². The molecule has 0 bridgehead atoms. The highest BCUT2D eigenvalue weighted by Crippen LogP contribution is 2.45. The van der Waals surface area contributed by atoms with Crippen molar-refractivity contribution in [2.75, 3.05) is 0 Å². The third-order valence-corrected chi connectivity index (χ3v) is 4.77. The van der Waals surface area contributed by atoms with Gasteiger partial charge in [0, 0.05) is 0 Å². The van der Waals surface area contributed by atoms with Crippen molar-refractivity contribution in [3.63, 3.8) is 0 Å². The van der Waals surface area contributed by atoms with Crippen molar-refractivity contribution in [2.24, 2.45) is 5.41 Å². The monoisotopic (exact) mass is 260 g/mol. The van der Waals surface area contributed by atoms with Crippen LogP contribution < -0.4 is 0 Å². The summed E-state index contributed by atoms with van der Waals surface area (Å²) in [4.78, 5) is 0. The van der Waals surface area contributed by atoms with E-state index in [4.69, 9.17) is 0 Å². The molecule has 0 radical (unpaired) electrons. The van der Waals surface area contributed by atoms with E-state index < -0.39 is 0 Å². The number of hydrogen-bond donors (Lipinski definition) is 1. The average molecular weight is 260 g/mol. The molecule has 106 valence electrons. The summed E-state index contributed by atoms with van der Waals surface area (Å²) in [6.45, 7) is 4.48. The summed E-state index contributed by atoms with van der Waals surface area (Å²) in [6, 6.07) is 8.66. The average Bonchev–Trinajstić information content (AvgIpc) is 2.46. The summed E-state index contributed by atoms with van der Waals surface area (Å²) in [5, 5.41) is 10.7. The van der Waals surface area contributed by atoms with Crippen molar-refractivity contribution in [3.8, 4) is 0 Å². The lowest BCUT2D eigenvalue weighted by Gasteiger charge is -2.38. The van der Waals surface area contributed by atoms with E-state index >= 15 is 0 Å². The molecular formula is C18H28O. The first kappa shape index (κ1) is 14.6. The zero-order chi connectivity index (χ0) is 13.7. The van der Waals surface area contributed by atoms with Crippen molar-refractivity contribution in [1.82, 2.24) is 0 Å². The Bertz CT molecular complexity index is 373. The maximum atomic E-state index is 10.7. The van der Waals surface area contributed by atoms with Crippen LogP contribution in [0.4, 0.5) is 0 Å². The molecule has 1 fully saturated rings. The Hall–Kier alpha value is -0.820. The van der Waals surface area contributed by atoms with E-state index in [-0.39, 0.29) is 11.5 Å². The molecule has 1 N–H and O–H groups in total. The second-order valence-corrected chi connectivity index (χ2v) is 6.46. The fourth-order valence-electron chi connectivity index (χ4n) is 3.28. The SMILES string of the molecule is CCCCc1ccc(C(O)C2(C)CCCCC2)cc1. The summed E-state index contributed by atoms with van der Waals surface area (Å²) >= 11 is 0. The first-order chi connectivity index (χ1) is 9.15. The highest BCUT2D eigenvalue weighted by atomic mass is 16.3. The summed E-state index contributed by atoms with van der Waals surface area (Å²) in [6.07, 6.45) is 9.53. The number of aryl methyl sites for hydroxylation is 1. The van der Waals surface area contributed by atoms with Crippen LogP contribution in [0, 0.1) is 5.41 Å². The first-order valence-corrected chi connectivity index (χ1v) is 7.92. The predicted octanol–water partition coefficient (Wildman–Crippen LogP) is 5.03. The van der Waals surface area contributed by atoms with Crippen LogP contribution in [-0.4, -0.2) is 5.11 Å². The third kappa shape index (κ3) is 3.60. The van der Waals surface area contributed by atoms with Gasteiger partial charge in [-0.05, 0) is 42.2 Å². The van der Waals surface area contributed by atoms with Crippen LogP contribution in [0.15, 0.2) is 24.3 Å². The summed E-state index contributed by atoms with van der Waals surface area (Å²) in [5.74, 6) is 0. The van der Waals surface area contributed by atoms with E-state index in [9.17, 15) is 5.11 Å². The highest BCUT2D eigenvalue weighted by Gasteiger charge is 2.35. The van der Waals surface area contributed by atoms with E-state index in [1.807, 2.05) is 0 Å². The minimum Gasteiger partial charge on any atom is -0.388 e. The highest BCUT2D eigenvalue weighted by molar-refractivity contribution is 5.25. The predicted molar refractivity (Wildman–Crippen MR) is 81.2 cm³/mol. The summed E-state index contributed by atoms with van der Waals surface area (Å²) < 4.78 is 0. The van der Waals surface area contributed by atoms with Gasteiger partial charge in [0.15, 0.2) is 0 Å². The molecule has 1 aromatic carbocycles. The van der Waals surface area contributed by atoms with Gasteiger partial charge >= 0.3 is 0 Å². The minimum absolute atomic E-state index is 0.0865. The van der Waals surface area contributed by atoms with E-state index in [1.165, 1.54) is 37.7 Å². The van der Waals surface area contributed by atoms with Crippen LogP contribution in [0.3, 0.4) is 0 Å². The molecule has 0 aliphatic heterocycles. The Morgan fingerprint density at radius 2 is 1.74 bits per heavy atom. The summed E-state index contributed by atoms with van der Waals surface area (Å²) in [5.41, 5.74) is 2.58. The fourth-order valence-corrected chi connectivity index (χ4v) is 3.28. The standard InChI is InChI=1S/C18H28O/c1-3-4-8-15-9-11-16(12-10-15)17(19)18(2)13-6-5-7-14-18/h9-12,17,19H,3-8,13-14H2,1-2H3. The van der Waals surface area contributed by atoms with Crippen LogP contribution in [0.2, 0.25) is 0 Å². The molecule has 0 saturated heterocycles. The minimum atomic E-state index is -0.298. The van der Waals surface area contributed by atoms with Crippen molar-refractivity contribution < 1.29 is 5.11 Å². The Morgan fingerprint density at radius 3 is 2.32 bits per heavy atom. The Morgan fingerprint density at radius 1 is 1.11 bits per heavy atom. The Kier molecular flexibility index (Phi) is 5.04. The van der Waals surface area contributed by atoms with Gasteiger partial charge in [0.05, 0.1) is 6.10 Å². The number of aliphatic hydroxyl groups is 1. The second kappa shape index (κ2) is 6.56. The topological polar surface area (TPSA) is 20.2 Å². The van der Waals surface area contributed by atoms with Gasteiger partial charge in [-0.15, -0.1) is 0 Å². The lowest BCUT2D eigenvalue weighted by atomic mass is 9.70. The van der Waals surface area contributed by atoms with Gasteiger partial charge in [0.25, 0.3) is 0 Å². The van der Waals surface area contributed by atoms with Gasteiger partial charge in [-0.1, -0.05) is 63.8 Å². The number of benzene rings is 1. The lowest BCUT2D eigenvalue weighted by molar-refractivity contribution is 0.00818. The second-order valence-electron chi connectivity index (χ2n) is 6.46. The van der Waals surface area contributed by atoms with E-state index in [0.29, 0.717) is 0 Å². The van der Waals surface area contributed by atoms with Crippen LogP contribution in [0.5, 0.6) is 0 Å². The molecule has 1 aliphatic rings. The molecule has 19 heavy (non-hydrogen) atoms. The zero-order valence-electron chi connectivity index (χ0n) is 12.5.